The summed E-state index contributed by atoms with van der Waals surface area (Å²) in [5.74, 6) is 0.126. The Morgan fingerprint density at radius 3 is 2.12 bits per heavy atom. The number of likely N-dealkylation sites (tertiary alicyclic amines) is 1. The van der Waals surface area contributed by atoms with Gasteiger partial charge in [-0.25, -0.2) is 4.79 Å². The topological polar surface area (TPSA) is 29.5 Å². The number of fused-ring (bicyclic) bond motifs is 3. The van der Waals surface area contributed by atoms with Gasteiger partial charge in [0.25, 0.3) is 0 Å². The second kappa shape index (κ2) is 6.16. The molecule has 2 aliphatic rings. The van der Waals surface area contributed by atoms with Crippen molar-refractivity contribution in [2.24, 2.45) is 0 Å². The summed E-state index contributed by atoms with van der Waals surface area (Å²) >= 11 is 0. The number of hydrogen-bond acceptors (Lipinski definition) is 2. The minimum atomic E-state index is -0.204. The standard InChI is InChI=1S/C21H21NO2/c1-15-10-12-22(13-11-15)21(23)24-14-20-18-8-4-2-6-16(18)17-7-3-5-9-19(17)20/h2-9,20H,1,10-14H2. The lowest BCUT2D eigenvalue weighted by Gasteiger charge is -2.27. The van der Waals surface area contributed by atoms with Gasteiger partial charge in [0.2, 0.25) is 0 Å². The van der Waals surface area contributed by atoms with Crippen LogP contribution in [0.15, 0.2) is 60.7 Å². The normalized spacial score (nSPS) is 16.7. The summed E-state index contributed by atoms with van der Waals surface area (Å²) < 4.78 is 5.67. The highest BCUT2D eigenvalue weighted by Crippen LogP contribution is 2.44. The lowest BCUT2D eigenvalue weighted by molar-refractivity contribution is 0.0971. The summed E-state index contributed by atoms with van der Waals surface area (Å²) in [4.78, 5) is 14.2. The van der Waals surface area contributed by atoms with E-state index in [9.17, 15) is 4.79 Å². The second-order valence-corrected chi connectivity index (χ2v) is 6.54. The van der Waals surface area contributed by atoms with E-state index in [-0.39, 0.29) is 12.0 Å². The Morgan fingerprint density at radius 1 is 1.00 bits per heavy atom. The smallest absolute Gasteiger partial charge is 0.409 e. The molecular weight excluding hydrogens is 298 g/mol. The highest BCUT2D eigenvalue weighted by Gasteiger charge is 2.29. The van der Waals surface area contributed by atoms with Gasteiger partial charge in [-0.05, 0) is 35.1 Å². The first kappa shape index (κ1) is 15.0. The summed E-state index contributed by atoms with van der Waals surface area (Å²) in [5, 5.41) is 0. The Labute approximate surface area is 142 Å². The Hall–Kier alpha value is -2.55. The minimum absolute atomic E-state index is 0.126. The molecule has 2 aromatic rings. The lowest BCUT2D eigenvalue weighted by Crippen LogP contribution is -2.37. The Balaban J connectivity index is 1.51. The monoisotopic (exact) mass is 319 g/mol. The van der Waals surface area contributed by atoms with Crippen LogP contribution in [-0.2, 0) is 4.74 Å². The van der Waals surface area contributed by atoms with Crippen LogP contribution < -0.4 is 0 Å². The van der Waals surface area contributed by atoms with Crippen LogP contribution in [0.5, 0.6) is 0 Å². The fourth-order valence-corrected chi connectivity index (χ4v) is 3.69. The van der Waals surface area contributed by atoms with E-state index < -0.39 is 0 Å². The van der Waals surface area contributed by atoms with Crippen molar-refractivity contribution in [3.63, 3.8) is 0 Å². The molecule has 0 radical (unpaired) electrons. The third-order valence-electron chi connectivity index (χ3n) is 5.06. The number of carbonyl (C=O) groups is 1. The molecule has 1 saturated heterocycles. The molecule has 0 atom stereocenters. The van der Waals surface area contributed by atoms with Crippen molar-refractivity contribution in [1.29, 1.82) is 0 Å². The zero-order valence-corrected chi connectivity index (χ0v) is 13.7. The largest absolute Gasteiger partial charge is 0.448 e. The second-order valence-electron chi connectivity index (χ2n) is 6.54. The van der Waals surface area contributed by atoms with E-state index in [1.54, 1.807) is 4.90 Å². The van der Waals surface area contributed by atoms with E-state index in [0.717, 1.165) is 25.9 Å². The molecule has 0 unspecified atom stereocenters. The predicted molar refractivity (Wildman–Crippen MR) is 95.0 cm³/mol. The van der Waals surface area contributed by atoms with Gasteiger partial charge in [0, 0.05) is 19.0 Å². The van der Waals surface area contributed by atoms with Gasteiger partial charge >= 0.3 is 6.09 Å². The summed E-state index contributed by atoms with van der Waals surface area (Å²) in [6, 6.07) is 16.8. The first-order valence-electron chi connectivity index (χ1n) is 8.50. The number of ether oxygens (including phenoxy) is 1. The third-order valence-corrected chi connectivity index (χ3v) is 5.06. The molecule has 3 nitrogen and oxygen atoms in total. The number of piperidine rings is 1. The van der Waals surface area contributed by atoms with Crippen molar-refractivity contribution < 1.29 is 9.53 Å². The summed E-state index contributed by atoms with van der Waals surface area (Å²) in [6.45, 7) is 5.82. The molecular formula is C21H21NO2. The van der Waals surface area contributed by atoms with Crippen molar-refractivity contribution in [2.75, 3.05) is 19.7 Å². The molecule has 0 N–H and O–H groups in total. The zero-order valence-electron chi connectivity index (χ0n) is 13.7. The predicted octanol–water partition coefficient (Wildman–Crippen LogP) is 4.59. The molecule has 0 aromatic heterocycles. The van der Waals surface area contributed by atoms with Crippen LogP contribution in [0.25, 0.3) is 11.1 Å². The number of hydrogen-bond donors (Lipinski definition) is 0. The van der Waals surface area contributed by atoms with Gasteiger partial charge in [-0.15, -0.1) is 0 Å². The molecule has 1 aliphatic carbocycles. The van der Waals surface area contributed by atoms with Crippen LogP contribution >= 0.6 is 0 Å². The van der Waals surface area contributed by atoms with Gasteiger partial charge in [-0.3, -0.25) is 0 Å². The summed E-state index contributed by atoms with van der Waals surface area (Å²) in [6.07, 6.45) is 1.55. The SMILES string of the molecule is C=C1CCN(C(=O)OCC2c3ccccc3-c3ccccc32)CC1. The first-order valence-corrected chi connectivity index (χ1v) is 8.50. The van der Waals surface area contributed by atoms with Crippen molar-refractivity contribution >= 4 is 6.09 Å². The highest BCUT2D eigenvalue weighted by atomic mass is 16.6. The van der Waals surface area contributed by atoms with Gasteiger partial charge in [0.05, 0.1) is 0 Å². The fourth-order valence-electron chi connectivity index (χ4n) is 3.69. The van der Waals surface area contributed by atoms with Crippen molar-refractivity contribution in [2.45, 2.75) is 18.8 Å². The molecule has 0 bridgehead atoms. The van der Waals surface area contributed by atoms with Gasteiger partial charge in [0.15, 0.2) is 0 Å². The number of rotatable bonds is 2. The van der Waals surface area contributed by atoms with E-state index in [1.807, 2.05) is 0 Å². The maximum Gasteiger partial charge on any atom is 0.409 e. The molecule has 0 saturated carbocycles. The Morgan fingerprint density at radius 2 is 1.54 bits per heavy atom. The maximum atomic E-state index is 12.4. The van der Waals surface area contributed by atoms with Crippen LogP contribution in [0.1, 0.15) is 29.9 Å². The van der Waals surface area contributed by atoms with E-state index in [0.29, 0.717) is 6.61 Å². The molecule has 1 heterocycles. The molecule has 122 valence electrons. The van der Waals surface area contributed by atoms with E-state index in [4.69, 9.17) is 4.74 Å². The van der Waals surface area contributed by atoms with Crippen LogP contribution in [-0.4, -0.2) is 30.7 Å². The number of amides is 1. The van der Waals surface area contributed by atoms with Crippen molar-refractivity contribution in [3.8, 4) is 11.1 Å². The van der Waals surface area contributed by atoms with Gasteiger partial charge in [-0.1, -0.05) is 60.7 Å². The van der Waals surface area contributed by atoms with Crippen molar-refractivity contribution in [1.82, 2.24) is 4.90 Å². The van der Waals surface area contributed by atoms with Crippen LogP contribution in [0, 0.1) is 0 Å². The lowest BCUT2D eigenvalue weighted by atomic mass is 9.98. The summed E-state index contributed by atoms with van der Waals surface area (Å²) in [5.41, 5.74) is 6.22. The molecule has 3 heteroatoms. The quantitative estimate of drug-likeness (QED) is 0.758. The number of benzene rings is 2. The molecule has 1 fully saturated rings. The van der Waals surface area contributed by atoms with Gasteiger partial charge in [0.1, 0.15) is 6.61 Å². The summed E-state index contributed by atoms with van der Waals surface area (Å²) in [7, 11) is 0. The number of carbonyl (C=O) groups excluding carboxylic acids is 1. The van der Waals surface area contributed by atoms with Crippen LogP contribution in [0.2, 0.25) is 0 Å². The Kier molecular flexibility index (Phi) is 3.85. The van der Waals surface area contributed by atoms with E-state index >= 15 is 0 Å². The van der Waals surface area contributed by atoms with Gasteiger partial charge < -0.3 is 9.64 Å². The van der Waals surface area contributed by atoms with Crippen LogP contribution in [0.4, 0.5) is 4.79 Å². The third kappa shape index (κ3) is 2.60. The Bertz CT molecular complexity index is 740. The molecule has 4 rings (SSSR count). The van der Waals surface area contributed by atoms with Crippen LogP contribution in [0.3, 0.4) is 0 Å². The molecule has 24 heavy (non-hydrogen) atoms. The fraction of sp³-hybridized carbons (Fsp3) is 0.286. The first-order chi connectivity index (χ1) is 11.7. The number of nitrogens with zero attached hydrogens (tertiary/aromatic N) is 1. The zero-order chi connectivity index (χ0) is 16.5. The minimum Gasteiger partial charge on any atom is -0.448 e. The molecule has 0 spiro atoms. The average molecular weight is 319 g/mol. The van der Waals surface area contributed by atoms with Crippen molar-refractivity contribution in [3.05, 3.63) is 71.8 Å². The molecule has 1 amide bonds. The molecule has 1 aliphatic heterocycles. The van der Waals surface area contributed by atoms with Gasteiger partial charge in [-0.2, -0.15) is 0 Å². The average Bonchev–Trinajstić information content (AvgIpc) is 2.94. The van der Waals surface area contributed by atoms with E-state index in [1.165, 1.54) is 27.8 Å². The van der Waals surface area contributed by atoms with E-state index in [2.05, 4.69) is 55.1 Å². The molecule has 2 aromatic carbocycles. The highest BCUT2D eigenvalue weighted by molar-refractivity contribution is 5.79. The maximum absolute atomic E-state index is 12.4.